The molecule has 0 fully saturated rings. The van der Waals surface area contributed by atoms with E-state index in [1.54, 1.807) is 24.7 Å². The zero-order valence-electron chi connectivity index (χ0n) is 10.4. The van der Waals surface area contributed by atoms with Crippen LogP contribution in [0.3, 0.4) is 0 Å². The third-order valence-electron chi connectivity index (χ3n) is 2.85. The lowest BCUT2D eigenvalue weighted by atomic mass is 10.0. The molecule has 102 valence electrons. The smallest absolute Gasteiger partial charge is 0.148 e. The molecule has 2 aromatic rings. The van der Waals surface area contributed by atoms with Gasteiger partial charge in [-0.25, -0.2) is 4.39 Å². The van der Waals surface area contributed by atoms with Crippen LogP contribution in [0.1, 0.15) is 30.5 Å². The molecule has 1 heterocycles. The second-order valence-corrected chi connectivity index (χ2v) is 5.44. The summed E-state index contributed by atoms with van der Waals surface area (Å²) in [6.45, 7) is 2.84. The summed E-state index contributed by atoms with van der Waals surface area (Å²) in [7, 11) is 0. The van der Waals surface area contributed by atoms with Crippen LogP contribution in [0.5, 0.6) is 0 Å². The molecule has 0 amide bonds. The number of hydrogen-bond acceptors (Lipinski definition) is 2. The summed E-state index contributed by atoms with van der Waals surface area (Å²) >= 11 is 9.17. The zero-order valence-corrected chi connectivity index (χ0v) is 12.8. The highest BCUT2D eigenvalue weighted by molar-refractivity contribution is 9.10. The molecule has 19 heavy (non-hydrogen) atoms. The van der Waals surface area contributed by atoms with E-state index in [1.807, 2.05) is 6.07 Å². The Morgan fingerprint density at radius 2 is 2.21 bits per heavy atom. The Hall–Kier alpha value is -0.840. The van der Waals surface area contributed by atoms with Crippen molar-refractivity contribution in [3.8, 4) is 0 Å². The van der Waals surface area contributed by atoms with Crippen molar-refractivity contribution in [1.29, 1.82) is 0 Å². The lowest BCUT2D eigenvalue weighted by molar-refractivity contribution is 0.530. The first kappa shape index (κ1) is 14.6. The van der Waals surface area contributed by atoms with Crippen molar-refractivity contribution in [3.05, 3.63) is 57.2 Å². The molecule has 1 aromatic heterocycles. The third kappa shape index (κ3) is 3.19. The second-order valence-electron chi connectivity index (χ2n) is 4.21. The molecule has 1 N–H and O–H groups in total. The molecule has 1 unspecified atom stereocenters. The SMILES string of the molecule is CCCNC(c1ccoc1)c1ccc(Br)c(Cl)c1F. The third-order valence-corrected chi connectivity index (χ3v) is 4.11. The van der Waals surface area contributed by atoms with Crippen LogP contribution in [-0.4, -0.2) is 6.54 Å². The molecule has 0 spiro atoms. The van der Waals surface area contributed by atoms with E-state index in [0.717, 1.165) is 18.5 Å². The van der Waals surface area contributed by atoms with Crippen molar-refractivity contribution in [1.82, 2.24) is 5.32 Å². The molecule has 0 bridgehead atoms. The minimum absolute atomic E-state index is 0.101. The molecule has 0 aliphatic heterocycles. The van der Waals surface area contributed by atoms with Gasteiger partial charge >= 0.3 is 0 Å². The fourth-order valence-electron chi connectivity index (χ4n) is 1.90. The summed E-state index contributed by atoms with van der Waals surface area (Å²) in [5, 5.41) is 3.40. The number of rotatable bonds is 5. The van der Waals surface area contributed by atoms with E-state index in [0.29, 0.717) is 10.0 Å². The van der Waals surface area contributed by atoms with Gasteiger partial charge in [0.05, 0.1) is 23.6 Å². The molecular formula is C14H14BrClFNO. The van der Waals surface area contributed by atoms with Gasteiger partial charge in [0.15, 0.2) is 0 Å². The first-order chi connectivity index (χ1) is 9.15. The van der Waals surface area contributed by atoms with Gasteiger partial charge in [0.2, 0.25) is 0 Å². The predicted octanol–water partition coefficient (Wildman–Crippen LogP) is 4.92. The van der Waals surface area contributed by atoms with Gasteiger partial charge in [-0.2, -0.15) is 0 Å². The van der Waals surface area contributed by atoms with Crippen molar-refractivity contribution in [2.75, 3.05) is 6.54 Å². The van der Waals surface area contributed by atoms with Gasteiger partial charge in [0.25, 0.3) is 0 Å². The highest BCUT2D eigenvalue weighted by Crippen LogP contribution is 2.33. The van der Waals surface area contributed by atoms with Crippen molar-refractivity contribution < 1.29 is 8.81 Å². The number of hydrogen-bond donors (Lipinski definition) is 1. The highest BCUT2D eigenvalue weighted by atomic mass is 79.9. The van der Waals surface area contributed by atoms with Crippen LogP contribution in [0.25, 0.3) is 0 Å². The average molecular weight is 347 g/mol. The number of furan rings is 1. The molecule has 0 aliphatic rings. The lowest BCUT2D eigenvalue weighted by Crippen LogP contribution is -2.23. The maximum Gasteiger partial charge on any atom is 0.148 e. The Labute approximate surface area is 125 Å². The molecule has 0 radical (unpaired) electrons. The summed E-state index contributed by atoms with van der Waals surface area (Å²) in [6, 6.07) is 5.04. The van der Waals surface area contributed by atoms with E-state index in [-0.39, 0.29) is 11.1 Å². The zero-order chi connectivity index (χ0) is 13.8. The fourth-order valence-corrected chi connectivity index (χ4v) is 2.38. The quantitative estimate of drug-likeness (QED) is 0.777. The second kappa shape index (κ2) is 6.55. The van der Waals surface area contributed by atoms with Crippen molar-refractivity contribution in [2.24, 2.45) is 0 Å². The summed E-state index contributed by atoms with van der Waals surface area (Å²) in [5.74, 6) is -0.411. The fraction of sp³-hybridized carbons (Fsp3) is 0.286. The summed E-state index contributed by atoms with van der Waals surface area (Å²) in [6.07, 6.45) is 4.15. The predicted molar refractivity (Wildman–Crippen MR) is 78.0 cm³/mol. The maximum atomic E-state index is 14.3. The van der Waals surface area contributed by atoms with Crippen LogP contribution in [0.2, 0.25) is 5.02 Å². The highest BCUT2D eigenvalue weighted by Gasteiger charge is 2.21. The molecule has 2 rings (SSSR count). The van der Waals surface area contributed by atoms with E-state index < -0.39 is 5.82 Å². The average Bonchev–Trinajstić information content (AvgIpc) is 2.92. The van der Waals surface area contributed by atoms with Crippen molar-refractivity contribution in [3.63, 3.8) is 0 Å². The summed E-state index contributed by atoms with van der Waals surface area (Å²) < 4.78 is 19.9. The Morgan fingerprint density at radius 1 is 1.42 bits per heavy atom. The van der Waals surface area contributed by atoms with Gasteiger partial charge in [-0.3, -0.25) is 0 Å². The van der Waals surface area contributed by atoms with E-state index >= 15 is 0 Å². The van der Waals surface area contributed by atoms with Gasteiger partial charge in [-0.1, -0.05) is 24.6 Å². The Balaban J connectivity index is 2.41. The molecule has 2 nitrogen and oxygen atoms in total. The first-order valence-corrected chi connectivity index (χ1v) is 7.21. The lowest BCUT2D eigenvalue weighted by Gasteiger charge is -2.19. The van der Waals surface area contributed by atoms with E-state index in [9.17, 15) is 4.39 Å². The van der Waals surface area contributed by atoms with Crippen LogP contribution in [0.4, 0.5) is 4.39 Å². The molecule has 1 atom stereocenters. The Bertz CT molecular complexity index is 545. The van der Waals surface area contributed by atoms with Crippen molar-refractivity contribution >= 4 is 27.5 Å². The van der Waals surface area contributed by atoms with E-state index in [2.05, 4.69) is 28.2 Å². The van der Waals surface area contributed by atoms with Crippen LogP contribution in [0, 0.1) is 5.82 Å². The molecule has 0 saturated heterocycles. The topological polar surface area (TPSA) is 25.2 Å². The normalized spacial score (nSPS) is 12.6. The molecular weight excluding hydrogens is 333 g/mol. The Kier molecular flexibility index (Phi) is 5.02. The van der Waals surface area contributed by atoms with E-state index in [1.165, 1.54) is 0 Å². The minimum Gasteiger partial charge on any atom is -0.472 e. The Morgan fingerprint density at radius 3 is 2.84 bits per heavy atom. The molecule has 5 heteroatoms. The van der Waals surface area contributed by atoms with Crippen LogP contribution in [-0.2, 0) is 0 Å². The van der Waals surface area contributed by atoms with E-state index in [4.69, 9.17) is 16.0 Å². The van der Waals surface area contributed by atoms with Gasteiger partial charge < -0.3 is 9.73 Å². The maximum absolute atomic E-state index is 14.3. The van der Waals surface area contributed by atoms with Crippen LogP contribution < -0.4 is 5.32 Å². The molecule has 1 aromatic carbocycles. The van der Waals surface area contributed by atoms with Crippen LogP contribution >= 0.6 is 27.5 Å². The van der Waals surface area contributed by atoms with Gasteiger partial charge in [-0.05, 0) is 41.0 Å². The minimum atomic E-state index is -0.411. The largest absolute Gasteiger partial charge is 0.472 e. The van der Waals surface area contributed by atoms with Crippen LogP contribution in [0.15, 0.2) is 39.6 Å². The first-order valence-electron chi connectivity index (χ1n) is 6.04. The van der Waals surface area contributed by atoms with Crippen molar-refractivity contribution in [2.45, 2.75) is 19.4 Å². The monoisotopic (exact) mass is 345 g/mol. The molecule has 0 aliphatic carbocycles. The van der Waals surface area contributed by atoms with Gasteiger partial charge in [0, 0.05) is 15.6 Å². The standard InChI is InChI=1S/C14H14BrClFNO/c1-2-6-18-14(9-5-7-19-8-9)10-3-4-11(15)12(16)13(10)17/h3-5,7-8,14,18H,2,6H2,1H3. The number of benzene rings is 1. The number of halogens is 3. The molecule has 0 saturated carbocycles. The summed E-state index contributed by atoms with van der Waals surface area (Å²) in [4.78, 5) is 0. The number of nitrogens with one attached hydrogen (secondary N) is 1. The summed E-state index contributed by atoms with van der Waals surface area (Å²) in [5.41, 5.74) is 1.40. The van der Waals surface area contributed by atoms with Gasteiger partial charge in [0.1, 0.15) is 5.82 Å². The van der Waals surface area contributed by atoms with Gasteiger partial charge in [-0.15, -0.1) is 0 Å².